The van der Waals surface area contributed by atoms with Gasteiger partial charge in [0, 0.05) is 6.54 Å². The van der Waals surface area contributed by atoms with Gasteiger partial charge in [0.15, 0.2) is 0 Å². The molecule has 0 aliphatic rings. The average Bonchev–Trinajstić information content (AvgIpc) is 2.51. The molecular weight excluding hydrogens is 327 g/mol. The molecule has 25 heavy (non-hydrogen) atoms. The molecule has 1 N–H and O–H groups in total. The normalized spacial score (nSPS) is 12.8. The molecule has 0 aromatic heterocycles. The molecule has 0 radical (unpaired) electrons. The van der Waals surface area contributed by atoms with Crippen molar-refractivity contribution in [2.45, 2.75) is 71.6 Å². The summed E-state index contributed by atoms with van der Waals surface area (Å²) >= 11 is 0. The lowest BCUT2D eigenvalue weighted by atomic mass is 9.81. The zero-order chi connectivity index (χ0) is 19.9. The predicted octanol–water partition coefficient (Wildman–Crippen LogP) is 5.49. The van der Waals surface area contributed by atoms with Gasteiger partial charge in [0.05, 0.1) is 11.2 Å². The van der Waals surface area contributed by atoms with Crippen molar-refractivity contribution in [1.82, 2.24) is 4.90 Å². The highest BCUT2D eigenvalue weighted by Crippen LogP contribution is 2.32. The van der Waals surface area contributed by atoms with Crippen molar-refractivity contribution in [3.8, 4) is 0 Å². The lowest BCUT2D eigenvalue weighted by Gasteiger charge is -2.29. The minimum atomic E-state index is -4.29. The molecule has 1 aromatic rings. The Balaban J connectivity index is 0.00000277. The Labute approximate surface area is 151 Å². The Morgan fingerprint density at radius 1 is 0.840 bits per heavy atom. The standard InChI is InChI=1S/C18H28F3NO.C2H6/c1-16(2,10-12-22(5)13-11-17(3,4)23)14-6-8-15(9-7-14)18(19,20)21;1-2/h6-9,23H,10-13H2,1-5H3;1-2H3. The van der Waals surface area contributed by atoms with Crippen LogP contribution in [0.3, 0.4) is 0 Å². The van der Waals surface area contributed by atoms with Gasteiger partial charge in [0.25, 0.3) is 0 Å². The van der Waals surface area contributed by atoms with Crippen molar-refractivity contribution in [1.29, 1.82) is 0 Å². The van der Waals surface area contributed by atoms with Crippen LogP contribution in [-0.4, -0.2) is 35.7 Å². The summed E-state index contributed by atoms with van der Waals surface area (Å²) in [5, 5.41) is 9.75. The summed E-state index contributed by atoms with van der Waals surface area (Å²) in [5.74, 6) is 0. The zero-order valence-corrected chi connectivity index (χ0v) is 16.7. The van der Waals surface area contributed by atoms with E-state index in [1.54, 1.807) is 26.0 Å². The predicted molar refractivity (Wildman–Crippen MR) is 98.8 cm³/mol. The maximum atomic E-state index is 12.6. The van der Waals surface area contributed by atoms with Crippen LogP contribution in [0.4, 0.5) is 13.2 Å². The van der Waals surface area contributed by atoms with E-state index in [9.17, 15) is 18.3 Å². The smallest absolute Gasteiger partial charge is 0.390 e. The highest BCUT2D eigenvalue weighted by atomic mass is 19.4. The van der Waals surface area contributed by atoms with Crippen LogP contribution in [0, 0.1) is 0 Å². The lowest BCUT2D eigenvalue weighted by molar-refractivity contribution is -0.137. The fourth-order valence-corrected chi connectivity index (χ4v) is 2.30. The van der Waals surface area contributed by atoms with Crippen molar-refractivity contribution in [3.05, 3.63) is 35.4 Å². The van der Waals surface area contributed by atoms with Crippen molar-refractivity contribution < 1.29 is 18.3 Å². The molecule has 0 aliphatic heterocycles. The fraction of sp³-hybridized carbons (Fsp3) is 0.700. The Kier molecular flexibility index (Phi) is 9.17. The lowest BCUT2D eigenvalue weighted by Crippen LogP contribution is -2.31. The van der Waals surface area contributed by atoms with Crippen molar-refractivity contribution in [2.75, 3.05) is 20.1 Å². The van der Waals surface area contributed by atoms with Gasteiger partial charge in [-0.1, -0.05) is 39.8 Å². The van der Waals surface area contributed by atoms with Gasteiger partial charge in [-0.25, -0.2) is 0 Å². The van der Waals surface area contributed by atoms with Gasteiger partial charge in [-0.05, 0) is 63.4 Å². The van der Waals surface area contributed by atoms with E-state index in [1.165, 1.54) is 0 Å². The van der Waals surface area contributed by atoms with Crippen LogP contribution >= 0.6 is 0 Å². The number of rotatable bonds is 7. The molecule has 1 aromatic carbocycles. The molecular formula is C20H34F3NO. The van der Waals surface area contributed by atoms with Crippen LogP contribution in [-0.2, 0) is 11.6 Å². The Hall–Kier alpha value is -1.07. The molecule has 146 valence electrons. The van der Waals surface area contributed by atoms with E-state index in [4.69, 9.17) is 0 Å². The summed E-state index contributed by atoms with van der Waals surface area (Å²) in [6.07, 6.45) is -2.77. The van der Waals surface area contributed by atoms with Crippen LogP contribution in [0.25, 0.3) is 0 Å². The first-order valence-corrected chi connectivity index (χ1v) is 8.90. The van der Waals surface area contributed by atoms with E-state index in [2.05, 4.69) is 4.90 Å². The van der Waals surface area contributed by atoms with Crippen molar-refractivity contribution >= 4 is 0 Å². The van der Waals surface area contributed by atoms with E-state index in [0.717, 1.165) is 37.2 Å². The molecule has 0 saturated carbocycles. The number of hydrogen-bond donors (Lipinski definition) is 1. The SMILES string of the molecule is CC.CN(CCC(C)(C)O)CCC(C)(C)c1ccc(C(F)(F)F)cc1. The molecule has 5 heteroatoms. The molecule has 0 spiro atoms. The van der Waals surface area contributed by atoms with Crippen molar-refractivity contribution in [3.63, 3.8) is 0 Å². The molecule has 0 heterocycles. The summed E-state index contributed by atoms with van der Waals surface area (Å²) in [7, 11) is 1.99. The van der Waals surface area contributed by atoms with Crippen LogP contribution < -0.4 is 0 Å². The number of aliphatic hydroxyl groups is 1. The Morgan fingerprint density at radius 2 is 1.24 bits per heavy atom. The largest absolute Gasteiger partial charge is 0.416 e. The molecule has 0 bridgehead atoms. The number of alkyl halides is 3. The van der Waals surface area contributed by atoms with Gasteiger partial charge >= 0.3 is 6.18 Å². The van der Waals surface area contributed by atoms with E-state index >= 15 is 0 Å². The maximum absolute atomic E-state index is 12.6. The van der Waals surface area contributed by atoms with Crippen LogP contribution in [0.15, 0.2) is 24.3 Å². The average molecular weight is 361 g/mol. The first-order valence-electron chi connectivity index (χ1n) is 8.90. The topological polar surface area (TPSA) is 23.5 Å². The van der Waals surface area contributed by atoms with Gasteiger partial charge in [-0.15, -0.1) is 0 Å². The molecule has 0 atom stereocenters. The third-order valence-corrected chi connectivity index (χ3v) is 4.22. The monoisotopic (exact) mass is 361 g/mol. The molecule has 0 aliphatic carbocycles. The Bertz CT molecular complexity index is 487. The summed E-state index contributed by atoms with van der Waals surface area (Å²) in [5.41, 5.74) is -0.592. The second kappa shape index (κ2) is 9.58. The molecule has 1 rings (SSSR count). The highest BCUT2D eigenvalue weighted by molar-refractivity contribution is 5.29. The summed E-state index contributed by atoms with van der Waals surface area (Å²) in [6, 6.07) is 5.43. The second-order valence-electron chi connectivity index (χ2n) is 7.57. The van der Waals surface area contributed by atoms with Crippen LogP contribution in [0.1, 0.15) is 65.5 Å². The van der Waals surface area contributed by atoms with Gasteiger partial charge in [-0.2, -0.15) is 13.2 Å². The minimum absolute atomic E-state index is 0.201. The zero-order valence-electron chi connectivity index (χ0n) is 16.7. The molecule has 0 amide bonds. The number of benzene rings is 1. The summed E-state index contributed by atoms with van der Waals surface area (Å²) in [4.78, 5) is 2.14. The second-order valence-corrected chi connectivity index (χ2v) is 7.57. The number of hydrogen-bond acceptors (Lipinski definition) is 2. The van der Waals surface area contributed by atoms with Crippen molar-refractivity contribution in [2.24, 2.45) is 0 Å². The van der Waals surface area contributed by atoms with Gasteiger partial charge in [-0.3, -0.25) is 0 Å². The maximum Gasteiger partial charge on any atom is 0.416 e. The Morgan fingerprint density at radius 3 is 1.64 bits per heavy atom. The van der Waals surface area contributed by atoms with Crippen LogP contribution in [0.5, 0.6) is 0 Å². The quantitative estimate of drug-likeness (QED) is 0.694. The van der Waals surface area contributed by atoms with E-state index < -0.39 is 17.3 Å². The fourth-order valence-electron chi connectivity index (χ4n) is 2.30. The molecule has 2 nitrogen and oxygen atoms in total. The minimum Gasteiger partial charge on any atom is -0.390 e. The van der Waals surface area contributed by atoms with Crippen LogP contribution in [0.2, 0.25) is 0 Å². The third-order valence-electron chi connectivity index (χ3n) is 4.22. The summed E-state index contributed by atoms with van der Waals surface area (Å²) < 4.78 is 37.9. The van der Waals surface area contributed by atoms with E-state index in [0.29, 0.717) is 6.42 Å². The highest BCUT2D eigenvalue weighted by Gasteiger charge is 2.31. The molecule has 0 saturated heterocycles. The first-order chi connectivity index (χ1) is 11.3. The first kappa shape index (κ1) is 23.9. The van der Waals surface area contributed by atoms with Gasteiger partial charge < -0.3 is 10.0 Å². The molecule has 0 unspecified atom stereocenters. The number of halogens is 3. The van der Waals surface area contributed by atoms with Gasteiger partial charge in [0.2, 0.25) is 0 Å². The molecule has 0 fully saturated rings. The van der Waals surface area contributed by atoms with E-state index in [1.807, 2.05) is 34.7 Å². The van der Waals surface area contributed by atoms with Gasteiger partial charge in [0.1, 0.15) is 0 Å². The van der Waals surface area contributed by atoms with E-state index in [-0.39, 0.29) is 5.41 Å². The third kappa shape index (κ3) is 9.26. The summed E-state index contributed by atoms with van der Waals surface area (Å²) in [6.45, 7) is 13.3. The number of nitrogens with zero attached hydrogens (tertiary/aromatic N) is 1.